The number of unbranched alkanes of at least 4 members (excludes halogenated alkanes) is 2. The van der Waals surface area contributed by atoms with E-state index in [2.05, 4.69) is 52.8 Å². The van der Waals surface area contributed by atoms with Crippen molar-refractivity contribution in [1.29, 1.82) is 0 Å². The Balaban J connectivity index is 1.65. The summed E-state index contributed by atoms with van der Waals surface area (Å²) in [6, 6.07) is 10.6. The third-order valence-corrected chi connectivity index (χ3v) is 3.18. The molecule has 0 aliphatic rings. The Morgan fingerprint density at radius 1 is 1.00 bits per heavy atom. The topological polar surface area (TPSA) is 43.6 Å². The van der Waals surface area contributed by atoms with E-state index in [0.29, 0.717) is 0 Å². The molecule has 0 bridgehead atoms. The number of tetrazole rings is 1. The van der Waals surface area contributed by atoms with Crippen LogP contribution in [0.1, 0.15) is 37.1 Å². The molecule has 0 fully saturated rings. The van der Waals surface area contributed by atoms with Crippen molar-refractivity contribution in [3.63, 3.8) is 0 Å². The molecule has 0 saturated heterocycles. The van der Waals surface area contributed by atoms with Gasteiger partial charge in [0.05, 0.1) is 0 Å². The molecular weight excluding hydrogens is 236 g/mol. The Labute approximate surface area is 114 Å². The minimum atomic E-state index is 0.842. The highest BCUT2D eigenvalue weighted by atomic mass is 15.5. The van der Waals surface area contributed by atoms with Crippen LogP contribution in [0.2, 0.25) is 0 Å². The number of aromatic nitrogens is 4. The van der Waals surface area contributed by atoms with Crippen molar-refractivity contribution in [3.05, 3.63) is 48.6 Å². The third-order valence-electron chi connectivity index (χ3n) is 3.18. The van der Waals surface area contributed by atoms with Crippen molar-refractivity contribution < 1.29 is 0 Å². The standard InChI is InChI=1S/C15H21N4/c1-2-9-15-16-17-18-19(15)13-8-4-7-12-14-10-5-3-6-11-14/h3,5-6,10-11H,1-2,4,7-9,12-13H2. The van der Waals surface area contributed by atoms with Crippen LogP contribution < -0.4 is 0 Å². The van der Waals surface area contributed by atoms with Crippen LogP contribution in [-0.2, 0) is 19.4 Å². The minimum absolute atomic E-state index is 0.842. The molecule has 0 aliphatic carbocycles. The van der Waals surface area contributed by atoms with Crippen molar-refractivity contribution in [3.8, 4) is 0 Å². The first-order chi connectivity index (χ1) is 9.40. The number of nitrogens with zero attached hydrogens (tertiary/aromatic N) is 4. The quantitative estimate of drug-likeness (QED) is 0.683. The van der Waals surface area contributed by atoms with Gasteiger partial charge in [0.15, 0.2) is 5.82 Å². The van der Waals surface area contributed by atoms with Crippen LogP contribution in [0, 0.1) is 6.92 Å². The average molecular weight is 257 g/mol. The summed E-state index contributed by atoms with van der Waals surface area (Å²) in [5, 5.41) is 11.8. The highest BCUT2D eigenvalue weighted by Crippen LogP contribution is 2.07. The van der Waals surface area contributed by atoms with E-state index in [-0.39, 0.29) is 0 Å². The fourth-order valence-corrected chi connectivity index (χ4v) is 2.15. The van der Waals surface area contributed by atoms with Gasteiger partial charge in [0.1, 0.15) is 0 Å². The highest BCUT2D eigenvalue weighted by Gasteiger charge is 2.03. The first-order valence-corrected chi connectivity index (χ1v) is 6.98. The summed E-state index contributed by atoms with van der Waals surface area (Å²) in [4.78, 5) is 0. The predicted octanol–water partition coefficient (Wildman–Crippen LogP) is 2.85. The van der Waals surface area contributed by atoms with Gasteiger partial charge in [0.25, 0.3) is 0 Å². The molecular formula is C15H21N4. The SMILES string of the molecule is [CH2]CCc1nnnn1CCCCCc1ccccc1. The summed E-state index contributed by atoms with van der Waals surface area (Å²) in [6.45, 7) is 4.75. The molecule has 0 spiro atoms. The fraction of sp³-hybridized carbons (Fsp3) is 0.467. The maximum atomic E-state index is 4.02. The van der Waals surface area contributed by atoms with Crippen LogP contribution in [0.4, 0.5) is 0 Å². The van der Waals surface area contributed by atoms with Crippen LogP contribution in [-0.4, -0.2) is 20.2 Å². The van der Waals surface area contributed by atoms with Crippen molar-refractivity contribution in [1.82, 2.24) is 20.2 Å². The van der Waals surface area contributed by atoms with Gasteiger partial charge in [-0.3, -0.25) is 0 Å². The molecule has 0 N–H and O–H groups in total. The third kappa shape index (κ3) is 4.47. The van der Waals surface area contributed by atoms with Gasteiger partial charge >= 0.3 is 0 Å². The smallest absolute Gasteiger partial charge is 0.151 e. The van der Waals surface area contributed by atoms with Crippen molar-refractivity contribution in [2.24, 2.45) is 0 Å². The minimum Gasteiger partial charge on any atom is -0.230 e. The molecule has 2 rings (SSSR count). The maximum Gasteiger partial charge on any atom is 0.151 e. The highest BCUT2D eigenvalue weighted by molar-refractivity contribution is 5.14. The molecule has 4 heteroatoms. The molecule has 19 heavy (non-hydrogen) atoms. The normalized spacial score (nSPS) is 10.8. The maximum absolute atomic E-state index is 4.02. The van der Waals surface area contributed by atoms with E-state index in [9.17, 15) is 0 Å². The zero-order valence-corrected chi connectivity index (χ0v) is 11.3. The summed E-state index contributed by atoms with van der Waals surface area (Å²) < 4.78 is 1.91. The summed E-state index contributed by atoms with van der Waals surface area (Å²) in [6.07, 6.45) is 6.41. The lowest BCUT2D eigenvalue weighted by molar-refractivity contribution is 0.513. The molecule has 1 aromatic carbocycles. The lowest BCUT2D eigenvalue weighted by Crippen LogP contribution is -2.06. The number of aryl methyl sites for hydroxylation is 3. The van der Waals surface area contributed by atoms with Gasteiger partial charge in [-0.25, -0.2) is 4.68 Å². The van der Waals surface area contributed by atoms with Gasteiger partial charge in [-0.2, -0.15) is 0 Å². The predicted molar refractivity (Wildman–Crippen MR) is 75.5 cm³/mol. The van der Waals surface area contributed by atoms with Gasteiger partial charge in [-0.05, 0) is 41.7 Å². The van der Waals surface area contributed by atoms with Gasteiger partial charge < -0.3 is 0 Å². The Morgan fingerprint density at radius 2 is 1.84 bits per heavy atom. The zero-order chi connectivity index (χ0) is 13.3. The molecule has 0 aliphatic heterocycles. The number of hydrogen-bond acceptors (Lipinski definition) is 3. The molecule has 1 radical (unpaired) electrons. The number of rotatable bonds is 8. The van der Waals surface area contributed by atoms with Gasteiger partial charge in [-0.15, -0.1) is 5.10 Å². The van der Waals surface area contributed by atoms with Gasteiger partial charge in [-0.1, -0.05) is 43.7 Å². The Hall–Kier alpha value is -1.71. The van der Waals surface area contributed by atoms with Gasteiger partial charge in [0.2, 0.25) is 0 Å². The molecule has 0 amide bonds. The Morgan fingerprint density at radius 3 is 2.63 bits per heavy atom. The number of hydrogen-bond donors (Lipinski definition) is 0. The number of benzene rings is 1. The van der Waals surface area contributed by atoms with E-state index < -0.39 is 0 Å². The van der Waals surface area contributed by atoms with E-state index in [1.807, 2.05) is 4.68 Å². The molecule has 0 unspecified atom stereocenters. The van der Waals surface area contributed by atoms with E-state index in [1.54, 1.807) is 0 Å². The second-order valence-electron chi connectivity index (χ2n) is 4.72. The summed E-state index contributed by atoms with van der Waals surface area (Å²) >= 11 is 0. The van der Waals surface area contributed by atoms with Crippen molar-refractivity contribution >= 4 is 0 Å². The largest absolute Gasteiger partial charge is 0.230 e. The molecule has 2 aromatic rings. The van der Waals surface area contributed by atoms with Crippen molar-refractivity contribution in [2.75, 3.05) is 0 Å². The van der Waals surface area contributed by atoms with Crippen LogP contribution >= 0.6 is 0 Å². The summed E-state index contributed by atoms with van der Waals surface area (Å²) in [5.41, 5.74) is 1.42. The second-order valence-corrected chi connectivity index (χ2v) is 4.72. The molecule has 0 saturated carbocycles. The van der Waals surface area contributed by atoms with E-state index in [4.69, 9.17) is 0 Å². The monoisotopic (exact) mass is 257 g/mol. The average Bonchev–Trinajstić information content (AvgIpc) is 2.88. The van der Waals surface area contributed by atoms with Crippen LogP contribution in [0.5, 0.6) is 0 Å². The first-order valence-electron chi connectivity index (χ1n) is 6.98. The molecule has 1 heterocycles. The molecule has 1 aromatic heterocycles. The molecule has 0 atom stereocenters. The Kier molecular flexibility index (Phi) is 5.53. The van der Waals surface area contributed by atoms with Gasteiger partial charge in [0, 0.05) is 13.0 Å². The van der Waals surface area contributed by atoms with Crippen LogP contribution in [0.15, 0.2) is 30.3 Å². The second kappa shape index (κ2) is 7.67. The van der Waals surface area contributed by atoms with Crippen molar-refractivity contribution in [2.45, 2.75) is 45.1 Å². The van der Waals surface area contributed by atoms with Crippen LogP contribution in [0.25, 0.3) is 0 Å². The van der Waals surface area contributed by atoms with E-state index >= 15 is 0 Å². The summed E-state index contributed by atoms with van der Waals surface area (Å²) in [5.74, 6) is 0.957. The fourth-order valence-electron chi connectivity index (χ4n) is 2.15. The zero-order valence-electron chi connectivity index (χ0n) is 11.3. The lowest BCUT2D eigenvalue weighted by atomic mass is 10.1. The lowest BCUT2D eigenvalue weighted by Gasteiger charge is -2.04. The summed E-state index contributed by atoms with van der Waals surface area (Å²) in [7, 11) is 0. The molecule has 4 nitrogen and oxygen atoms in total. The van der Waals surface area contributed by atoms with Crippen LogP contribution in [0.3, 0.4) is 0 Å². The molecule has 101 valence electrons. The first kappa shape index (κ1) is 13.7. The van der Waals surface area contributed by atoms with E-state index in [1.165, 1.54) is 18.4 Å². The Bertz CT molecular complexity index is 464. The van der Waals surface area contributed by atoms with E-state index in [0.717, 1.165) is 38.1 Å².